The average molecular weight is 560 g/mol. The molecule has 0 saturated carbocycles. The quantitative estimate of drug-likeness (QED) is 0.349. The third-order valence-corrected chi connectivity index (χ3v) is 0. The Hall–Kier alpha value is 1.80. The van der Waals surface area contributed by atoms with Crippen molar-refractivity contribution in [3.63, 3.8) is 0 Å². The van der Waals surface area contributed by atoms with Gasteiger partial charge in [0.05, 0.1) is 0 Å². The number of hydrogen-bond acceptors (Lipinski definition) is 0. The summed E-state index contributed by atoms with van der Waals surface area (Å²) in [6, 6.07) is 0. The van der Waals surface area contributed by atoms with Crippen LogP contribution in [0.3, 0.4) is 0 Å². The van der Waals surface area contributed by atoms with Crippen molar-refractivity contribution in [1.29, 1.82) is 0 Å². The molecule has 0 heterocycles. The molecule has 0 aromatic rings. The van der Waals surface area contributed by atoms with Gasteiger partial charge in [0.25, 0.3) is 0 Å². The third kappa shape index (κ3) is 111. The topological polar surface area (TPSA) is 142 Å². The Morgan fingerprint density at radius 2 is 0.500 bits per heavy atom. The van der Waals surface area contributed by atoms with Crippen LogP contribution in [0.2, 0.25) is 0 Å². The molecule has 0 spiro atoms. The van der Waals surface area contributed by atoms with Crippen LogP contribution in [0.5, 0.6) is 0 Å². The minimum absolute atomic E-state index is 0. The molecule has 0 atom stereocenters. The molecule has 8 heavy (non-hydrogen) atoms. The van der Waals surface area contributed by atoms with E-state index in [1.165, 1.54) is 0 Å². The van der Waals surface area contributed by atoms with Crippen molar-refractivity contribution < 1.29 is 89.0 Å². The molecule has 0 fully saturated rings. The Bertz CT molecular complexity index is 12.4. The van der Waals surface area contributed by atoms with Crippen molar-refractivity contribution in [3.05, 3.63) is 0 Å². The van der Waals surface area contributed by atoms with Crippen LogP contribution >= 0.6 is 0 Å². The summed E-state index contributed by atoms with van der Waals surface area (Å²) < 4.78 is 0. The predicted octanol–water partition coefficient (Wildman–Crippen LogP) is -0.601. The molecule has 0 amide bonds. The first kappa shape index (κ1) is 234. The van der Waals surface area contributed by atoms with Gasteiger partial charge in [-0.25, -0.2) is 0 Å². The minimum Gasteiger partial charge on any atom is -2.00 e. The van der Waals surface area contributed by atoms with Gasteiger partial charge in [0.1, 0.15) is 0 Å². The summed E-state index contributed by atoms with van der Waals surface area (Å²) in [5.41, 5.74) is 0. The second kappa shape index (κ2) is 165. The van der Waals surface area contributed by atoms with E-state index in [4.69, 9.17) is 0 Å². The SMILES string of the molecule is [O-2].[O-2].[O-2].[O-2].[O-2].[Pt].[Ru+4].[W+6]. The maximum absolute atomic E-state index is 0. The average Bonchev–Trinajstić information content (AvgIpc) is 0. The van der Waals surface area contributed by atoms with Gasteiger partial charge in [0.15, 0.2) is 0 Å². The molecule has 0 rings (SSSR count). The normalized spacial score (nSPS) is 0. The largest absolute Gasteiger partial charge is 6.00 e. The van der Waals surface area contributed by atoms with E-state index in [0.717, 1.165) is 0 Å². The number of rotatable bonds is 0. The van der Waals surface area contributed by atoms with Crippen molar-refractivity contribution in [3.8, 4) is 0 Å². The zero-order chi connectivity index (χ0) is 0. The molecular formula is O5PtRuW. The second-order valence-corrected chi connectivity index (χ2v) is 0. The molecule has 0 aromatic heterocycles. The van der Waals surface area contributed by atoms with E-state index in [9.17, 15) is 0 Å². The minimum atomic E-state index is 0. The van der Waals surface area contributed by atoms with Crippen LogP contribution in [0.1, 0.15) is 0 Å². The standard InChI is InChI=1S/5O.Pt.Ru.W/q5*-2;;+4;+6. The third-order valence-electron chi connectivity index (χ3n) is 0. The molecule has 0 saturated heterocycles. The molecule has 0 bridgehead atoms. The first-order valence-corrected chi connectivity index (χ1v) is 0. The van der Waals surface area contributed by atoms with E-state index in [-0.39, 0.29) is 89.0 Å². The van der Waals surface area contributed by atoms with Gasteiger partial charge >= 0.3 is 40.5 Å². The summed E-state index contributed by atoms with van der Waals surface area (Å²) in [5.74, 6) is 0. The van der Waals surface area contributed by atoms with Gasteiger partial charge in [-0.2, -0.15) is 0 Å². The van der Waals surface area contributed by atoms with Gasteiger partial charge in [-0.05, 0) is 0 Å². The summed E-state index contributed by atoms with van der Waals surface area (Å²) in [6.45, 7) is 0. The maximum Gasteiger partial charge on any atom is 6.00 e. The zero-order valence-electron chi connectivity index (χ0n) is 3.12. The van der Waals surface area contributed by atoms with Crippen LogP contribution in [0.15, 0.2) is 0 Å². The molecule has 0 aliphatic carbocycles. The molecule has 0 radical (unpaired) electrons. The second-order valence-electron chi connectivity index (χ2n) is 0. The molecule has 54 valence electrons. The van der Waals surface area contributed by atoms with Crippen LogP contribution in [0, 0.1) is 0 Å². The van der Waals surface area contributed by atoms with E-state index in [2.05, 4.69) is 0 Å². The molecule has 0 N–H and O–H groups in total. The summed E-state index contributed by atoms with van der Waals surface area (Å²) >= 11 is 0. The maximum atomic E-state index is 0. The molecule has 5 nitrogen and oxygen atoms in total. The molecule has 8 heteroatoms. The van der Waals surface area contributed by atoms with Gasteiger partial charge in [-0.3, -0.25) is 0 Å². The Labute approximate surface area is 88.4 Å². The fraction of sp³-hybridized carbons (Fsp3) is 0. The summed E-state index contributed by atoms with van der Waals surface area (Å²) in [4.78, 5) is 0. The molecule has 0 aliphatic rings. The summed E-state index contributed by atoms with van der Waals surface area (Å²) in [5, 5.41) is 0. The van der Waals surface area contributed by atoms with Gasteiger partial charge in [-0.15, -0.1) is 0 Å². The number of hydrogen-bond donors (Lipinski definition) is 0. The first-order chi connectivity index (χ1) is 0. The molecular weight excluding hydrogens is 560 g/mol. The predicted molar refractivity (Wildman–Crippen MR) is 3.43 cm³/mol. The Morgan fingerprint density at radius 3 is 0.500 bits per heavy atom. The van der Waals surface area contributed by atoms with Gasteiger partial charge in [0.2, 0.25) is 0 Å². The van der Waals surface area contributed by atoms with Crippen LogP contribution in [0.4, 0.5) is 0 Å². The molecule has 0 unspecified atom stereocenters. The van der Waals surface area contributed by atoms with Crippen LogP contribution in [0.25, 0.3) is 0 Å². The molecule has 0 aromatic carbocycles. The smallest absolute Gasteiger partial charge is 2.00 e. The summed E-state index contributed by atoms with van der Waals surface area (Å²) in [6.07, 6.45) is 0. The zero-order valence-corrected chi connectivity index (χ0v) is 10.1. The van der Waals surface area contributed by atoms with Gasteiger partial charge < -0.3 is 27.4 Å². The first-order valence-electron chi connectivity index (χ1n) is 0. The monoisotopic (exact) mass is 561 g/mol. The Balaban J connectivity index is 0. The van der Waals surface area contributed by atoms with E-state index in [0.29, 0.717) is 0 Å². The Kier molecular flexibility index (Phi) is 4840. The van der Waals surface area contributed by atoms with Crippen molar-refractivity contribution in [2.45, 2.75) is 0 Å². The van der Waals surface area contributed by atoms with E-state index in [1.54, 1.807) is 0 Å². The van der Waals surface area contributed by atoms with Crippen molar-refractivity contribution in [1.82, 2.24) is 0 Å². The van der Waals surface area contributed by atoms with Crippen molar-refractivity contribution in [2.75, 3.05) is 0 Å². The van der Waals surface area contributed by atoms with Gasteiger partial charge in [0, 0.05) is 21.1 Å². The van der Waals surface area contributed by atoms with Crippen LogP contribution in [-0.4, -0.2) is 0 Å². The van der Waals surface area contributed by atoms with E-state index >= 15 is 0 Å². The van der Waals surface area contributed by atoms with Crippen LogP contribution in [-0.2, 0) is 89.0 Å². The van der Waals surface area contributed by atoms with Crippen molar-refractivity contribution in [2.24, 2.45) is 0 Å². The van der Waals surface area contributed by atoms with Crippen LogP contribution < -0.4 is 0 Å². The van der Waals surface area contributed by atoms with E-state index < -0.39 is 0 Å². The molecule has 0 aliphatic heterocycles. The van der Waals surface area contributed by atoms with Gasteiger partial charge in [-0.1, -0.05) is 0 Å². The summed E-state index contributed by atoms with van der Waals surface area (Å²) in [7, 11) is 0. The van der Waals surface area contributed by atoms with E-state index in [1.807, 2.05) is 0 Å². The fourth-order valence-electron chi connectivity index (χ4n) is 0. The van der Waals surface area contributed by atoms with Crippen molar-refractivity contribution >= 4 is 0 Å². The Morgan fingerprint density at radius 1 is 0.500 bits per heavy atom. The fourth-order valence-corrected chi connectivity index (χ4v) is 0.